The van der Waals surface area contributed by atoms with Crippen LogP contribution >= 0.6 is 11.6 Å². The third kappa shape index (κ3) is 3.44. The molecule has 0 saturated carbocycles. The fourth-order valence-electron chi connectivity index (χ4n) is 1.98. The molecule has 7 heteroatoms. The number of hydrogen-bond acceptors (Lipinski definition) is 4. The van der Waals surface area contributed by atoms with Gasteiger partial charge in [0.15, 0.2) is 0 Å². The van der Waals surface area contributed by atoms with Crippen molar-refractivity contribution in [3.63, 3.8) is 0 Å². The van der Waals surface area contributed by atoms with E-state index in [9.17, 15) is 9.59 Å². The lowest BCUT2D eigenvalue weighted by Gasteiger charge is -2.06. The van der Waals surface area contributed by atoms with Crippen LogP contribution in [0.3, 0.4) is 0 Å². The Kier molecular flexibility index (Phi) is 4.16. The molecule has 0 aromatic carbocycles. The van der Waals surface area contributed by atoms with Gasteiger partial charge in [-0.25, -0.2) is 4.98 Å². The number of H-pyrrole nitrogens is 1. The van der Waals surface area contributed by atoms with Crippen molar-refractivity contribution in [3.05, 3.63) is 76.2 Å². The number of halogens is 1. The SMILES string of the molecule is O=C(Nc1cc(-c2ccncc2)c[nH]c1=O)c1ccc(Cl)cn1. The molecular formula is C16H11ClN4O2. The van der Waals surface area contributed by atoms with Crippen LogP contribution in [0.25, 0.3) is 11.1 Å². The molecule has 23 heavy (non-hydrogen) atoms. The molecule has 0 bridgehead atoms. The van der Waals surface area contributed by atoms with E-state index in [2.05, 4.69) is 20.3 Å². The van der Waals surface area contributed by atoms with E-state index < -0.39 is 11.5 Å². The van der Waals surface area contributed by atoms with Crippen LogP contribution in [0.5, 0.6) is 0 Å². The summed E-state index contributed by atoms with van der Waals surface area (Å²) in [5, 5.41) is 2.98. The summed E-state index contributed by atoms with van der Waals surface area (Å²) in [4.78, 5) is 34.5. The van der Waals surface area contributed by atoms with Crippen molar-refractivity contribution in [2.75, 3.05) is 5.32 Å². The van der Waals surface area contributed by atoms with E-state index in [4.69, 9.17) is 11.6 Å². The van der Waals surface area contributed by atoms with Crippen molar-refractivity contribution in [1.82, 2.24) is 15.0 Å². The number of carbonyl (C=O) groups excluding carboxylic acids is 1. The molecule has 0 atom stereocenters. The quantitative estimate of drug-likeness (QED) is 0.774. The van der Waals surface area contributed by atoms with Crippen LogP contribution in [0, 0.1) is 0 Å². The number of nitrogens with one attached hydrogen (secondary N) is 2. The van der Waals surface area contributed by atoms with Crippen molar-refractivity contribution in [3.8, 4) is 11.1 Å². The molecule has 0 spiro atoms. The van der Waals surface area contributed by atoms with E-state index in [1.54, 1.807) is 42.9 Å². The molecule has 2 N–H and O–H groups in total. The second-order valence-electron chi connectivity index (χ2n) is 4.68. The number of rotatable bonds is 3. The number of anilines is 1. The predicted octanol–water partition coefficient (Wildman–Crippen LogP) is 2.74. The first kappa shape index (κ1) is 14.9. The zero-order valence-electron chi connectivity index (χ0n) is 11.8. The minimum atomic E-state index is -0.487. The second-order valence-corrected chi connectivity index (χ2v) is 5.12. The monoisotopic (exact) mass is 326 g/mol. The highest BCUT2D eigenvalue weighted by molar-refractivity contribution is 6.30. The maximum Gasteiger partial charge on any atom is 0.274 e. The van der Waals surface area contributed by atoms with Gasteiger partial charge in [-0.05, 0) is 35.9 Å². The maximum absolute atomic E-state index is 12.1. The Morgan fingerprint density at radius 2 is 1.91 bits per heavy atom. The molecule has 114 valence electrons. The summed E-state index contributed by atoms with van der Waals surface area (Å²) >= 11 is 5.74. The summed E-state index contributed by atoms with van der Waals surface area (Å²) in [5.74, 6) is -0.487. The lowest BCUT2D eigenvalue weighted by Crippen LogP contribution is -2.20. The highest BCUT2D eigenvalue weighted by Gasteiger charge is 2.11. The average molecular weight is 327 g/mol. The second kappa shape index (κ2) is 6.41. The molecule has 1 amide bonds. The van der Waals surface area contributed by atoms with Gasteiger partial charge in [0.2, 0.25) is 0 Å². The number of aromatic nitrogens is 3. The zero-order valence-corrected chi connectivity index (χ0v) is 12.5. The molecule has 3 heterocycles. The Hall–Kier alpha value is -2.99. The van der Waals surface area contributed by atoms with Crippen LogP contribution in [0.1, 0.15) is 10.5 Å². The first-order valence-electron chi connectivity index (χ1n) is 6.69. The number of nitrogens with zero attached hydrogens (tertiary/aromatic N) is 2. The Balaban J connectivity index is 1.89. The standard InChI is InChI=1S/C16H11ClN4O2/c17-12-1-2-13(19-9-12)16(23)21-14-7-11(8-20-15(14)22)10-3-5-18-6-4-10/h1-9H,(H,20,22)(H,21,23). The van der Waals surface area contributed by atoms with E-state index in [0.717, 1.165) is 11.1 Å². The van der Waals surface area contributed by atoms with Gasteiger partial charge in [0.05, 0.1) is 5.02 Å². The van der Waals surface area contributed by atoms with Crippen molar-refractivity contribution in [1.29, 1.82) is 0 Å². The Morgan fingerprint density at radius 3 is 2.61 bits per heavy atom. The van der Waals surface area contributed by atoms with Gasteiger partial charge in [0, 0.05) is 30.4 Å². The van der Waals surface area contributed by atoms with Gasteiger partial charge < -0.3 is 10.3 Å². The average Bonchev–Trinajstić information content (AvgIpc) is 2.58. The van der Waals surface area contributed by atoms with Gasteiger partial charge in [0.25, 0.3) is 11.5 Å². The summed E-state index contributed by atoms with van der Waals surface area (Å²) in [6.45, 7) is 0. The molecular weight excluding hydrogens is 316 g/mol. The molecule has 0 aliphatic rings. The largest absolute Gasteiger partial charge is 0.327 e. The highest BCUT2D eigenvalue weighted by Crippen LogP contribution is 2.19. The van der Waals surface area contributed by atoms with Crippen LogP contribution in [-0.4, -0.2) is 20.9 Å². The van der Waals surface area contributed by atoms with E-state index in [1.807, 2.05) is 0 Å². The highest BCUT2D eigenvalue weighted by atomic mass is 35.5. The summed E-state index contributed by atoms with van der Waals surface area (Å²) in [6.07, 6.45) is 6.24. The molecule has 3 aromatic heterocycles. The molecule has 0 fully saturated rings. The first-order valence-corrected chi connectivity index (χ1v) is 7.07. The molecule has 0 saturated heterocycles. The maximum atomic E-state index is 12.1. The Morgan fingerprint density at radius 1 is 1.13 bits per heavy atom. The predicted molar refractivity (Wildman–Crippen MR) is 87.5 cm³/mol. The van der Waals surface area contributed by atoms with Crippen molar-refractivity contribution in [2.24, 2.45) is 0 Å². The van der Waals surface area contributed by atoms with Crippen LogP contribution in [0.2, 0.25) is 5.02 Å². The zero-order chi connectivity index (χ0) is 16.2. The summed E-state index contributed by atoms with van der Waals surface area (Å²) in [7, 11) is 0. The number of hydrogen-bond donors (Lipinski definition) is 2. The van der Waals surface area contributed by atoms with Gasteiger partial charge in [-0.2, -0.15) is 0 Å². The fraction of sp³-hybridized carbons (Fsp3) is 0. The lowest BCUT2D eigenvalue weighted by molar-refractivity contribution is 0.102. The minimum Gasteiger partial charge on any atom is -0.327 e. The van der Waals surface area contributed by atoms with E-state index in [-0.39, 0.29) is 11.4 Å². The lowest BCUT2D eigenvalue weighted by atomic mass is 10.1. The van der Waals surface area contributed by atoms with Crippen LogP contribution < -0.4 is 10.9 Å². The van der Waals surface area contributed by atoms with Crippen molar-refractivity contribution >= 4 is 23.2 Å². The summed E-state index contributed by atoms with van der Waals surface area (Å²) < 4.78 is 0. The van der Waals surface area contributed by atoms with E-state index >= 15 is 0 Å². The number of aromatic amines is 1. The smallest absolute Gasteiger partial charge is 0.274 e. The number of carbonyl (C=O) groups is 1. The third-order valence-corrected chi connectivity index (χ3v) is 3.35. The topological polar surface area (TPSA) is 87.7 Å². The van der Waals surface area contributed by atoms with Gasteiger partial charge in [-0.1, -0.05) is 11.6 Å². The molecule has 0 aliphatic carbocycles. The van der Waals surface area contributed by atoms with Gasteiger partial charge in [-0.15, -0.1) is 0 Å². The first-order chi connectivity index (χ1) is 11.1. The molecule has 6 nitrogen and oxygen atoms in total. The Labute approximate surface area is 136 Å². The third-order valence-electron chi connectivity index (χ3n) is 3.13. The van der Waals surface area contributed by atoms with E-state index in [1.165, 1.54) is 12.3 Å². The van der Waals surface area contributed by atoms with Crippen LogP contribution in [0.15, 0.2) is 59.9 Å². The summed E-state index contributed by atoms with van der Waals surface area (Å²) in [5.41, 5.74) is 1.54. The van der Waals surface area contributed by atoms with E-state index in [0.29, 0.717) is 5.02 Å². The molecule has 0 radical (unpaired) electrons. The Bertz CT molecular complexity index is 892. The van der Waals surface area contributed by atoms with Crippen LogP contribution in [-0.2, 0) is 0 Å². The summed E-state index contributed by atoms with van der Waals surface area (Å²) in [6, 6.07) is 8.25. The van der Waals surface area contributed by atoms with Crippen LogP contribution in [0.4, 0.5) is 5.69 Å². The molecule has 3 rings (SSSR count). The molecule has 3 aromatic rings. The molecule has 0 unspecified atom stereocenters. The fourth-order valence-corrected chi connectivity index (χ4v) is 2.10. The number of amides is 1. The minimum absolute atomic E-state index is 0.140. The molecule has 0 aliphatic heterocycles. The number of pyridine rings is 3. The normalized spacial score (nSPS) is 10.3. The van der Waals surface area contributed by atoms with Gasteiger partial charge in [-0.3, -0.25) is 14.6 Å². The van der Waals surface area contributed by atoms with Crippen molar-refractivity contribution in [2.45, 2.75) is 0 Å². The van der Waals surface area contributed by atoms with Gasteiger partial charge >= 0.3 is 0 Å². The van der Waals surface area contributed by atoms with Crippen molar-refractivity contribution < 1.29 is 4.79 Å². The van der Waals surface area contributed by atoms with Gasteiger partial charge in [0.1, 0.15) is 11.4 Å².